The quantitative estimate of drug-likeness (QED) is 0.792. The fourth-order valence-electron chi connectivity index (χ4n) is 1.77. The molecule has 1 heterocycles. The monoisotopic (exact) mass is 207 g/mol. The lowest BCUT2D eigenvalue weighted by molar-refractivity contribution is 0.0253. The van der Waals surface area contributed by atoms with Crippen LogP contribution in [0.3, 0.4) is 0 Å². The van der Waals surface area contributed by atoms with E-state index in [1.54, 1.807) is 12.1 Å². The number of aromatic hydroxyl groups is 1. The molecule has 1 aromatic rings. The van der Waals surface area contributed by atoms with Gasteiger partial charge < -0.3 is 15.2 Å². The summed E-state index contributed by atoms with van der Waals surface area (Å²) in [4.78, 5) is 0. The summed E-state index contributed by atoms with van der Waals surface area (Å²) in [5.74, 6) is 0.304. The second-order valence-electron chi connectivity index (χ2n) is 3.95. The van der Waals surface area contributed by atoms with Crippen molar-refractivity contribution < 1.29 is 9.84 Å². The summed E-state index contributed by atoms with van der Waals surface area (Å²) in [6, 6.07) is 7.17. The summed E-state index contributed by atoms with van der Waals surface area (Å²) in [5.41, 5.74) is 1.11. The Hall–Kier alpha value is -1.06. The van der Waals surface area contributed by atoms with Crippen LogP contribution in [-0.2, 0) is 11.3 Å². The van der Waals surface area contributed by atoms with E-state index in [4.69, 9.17) is 9.84 Å². The molecule has 0 amide bonds. The Morgan fingerprint density at radius 2 is 2.13 bits per heavy atom. The second kappa shape index (κ2) is 5.14. The van der Waals surface area contributed by atoms with E-state index in [1.807, 2.05) is 12.1 Å². The van der Waals surface area contributed by atoms with Gasteiger partial charge in [0.05, 0.1) is 12.7 Å². The third-order valence-corrected chi connectivity index (χ3v) is 2.67. The molecular formula is C12H17NO2. The predicted octanol–water partition coefficient (Wildman–Crippen LogP) is 1.66. The summed E-state index contributed by atoms with van der Waals surface area (Å²) in [6.45, 7) is 2.70. The molecule has 1 fully saturated rings. The zero-order valence-corrected chi connectivity index (χ0v) is 8.78. The summed E-state index contributed by atoms with van der Waals surface area (Å²) < 4.78 is 5.76. The van der Waals surface area contributed by atoms with Crippen LogP contribution < -0.4 is 5.32 Å². The third kappa shape index (κ3) is 3.22. The Bertz CT molecular complexity index is 291. The van der Waals surface area contributed by atoms with Crippen molar-refractivity contribution in [1.82, 2.24) is 5.32 Å². The first-order valence-electron chi connectivity index (χ1n) is 5.45. The number of nitrogens with one attached hydrogen (secondary N) is 1. The standard InChI is InChI=1S/C12H17NO2/c14-11-5-3-10(4-6-11)9-15-12-2-1-7-13-8-12/h3-6,12-14H,1-2,7-9H2/t12-/m0/s1. The number of phenols is 1. The molecule has 0 unspecified atom stereocenters. The summed E-state index contributed by atoms with van der Waals surface area (Å²) in [5, 5.41) is 12.4. The zero-order chi connectivity index (χ0) is 10.5. The summed E-state index contributed by atoms with van der Waals surface area (Å²) >= 11 is 0. The minimum absolute atomic E-state index is 0.304. The lowest BCUT2D eigenvalue weighted by atomic mass is 10.1. The molecule has 1 aliphatic heterocycles. The molecule has 0 bridgehead atoms. The van der Waals surface area contributed by atoms with E-state index < -0.39 is 0 Å². The number of hydrogen-bond acceptors (Lipinski definition) is 3. The van der Waals surface area contributed by atoms with Gasteiger partial charge in [0, 0.05) is 6.54 Å². The van der Waals surface area contributed by atoms with Crippen molar-refractivity contribution in [2.24, 2.45) is 0 Å². The van der Waals surface area contributed by atoms with Gasteiger partial charge in [0.1, 0.15) is 5.75 Å². The Morgan fingerprint density at radius 3 is 2.80 bits per heavy atom. The highest BCUT2D eigenvalue weighted by atomic mass is 16.5. The van der Waals surface area contributed by atoms with Crippen LogP contribution in [0.2, 0.25) is 0 Å². The van der Waals surface area contributed by atoms with Crippen molar-refractivity contribution in [3.8, 4) is 5.75 Å². The molecule has 15 heavy (non-hydrogen) atoms. The minimum atomic E-state index is 0.304. The van der Waals surface area contributed by atoms with E-state index in [9.17, 15) is 0 Å². The van der Waals surface area contributed by atoms with E-state index in [0.29, 0.717) is 18.5 Å². The number of rotatable bonds is 3. The highest BCUT2D eigenvalue weighted by Crippen LogP contribution is 2.13. The van der Waals surface area contributed by atoms with Gasteiger partial charge in [-0.2, -0.15) is 0 Å². The van der Waals surface area contributed by atoms with Crippen LogP contribution in [0.15, 0.2) is 24.3 Å². The zero-order valence-electron chi connectivity index (χ0n) is 8.78. The van der Waals surface area contributed by atoms with Crippen LogP contribution in [0.5, 0.6) is 5.75 Å². The van der Waals surface area contributed by atoms with Crippen molar-refractivity contribution in [3.05, 3.63) is 29.8 Å². The van der Waals surface area contributed by atoms with E-state index in [1.165, 1.54) is 6.42 Å². The van der Waals surface area contributed by atoms with Crippen molar-refractivity contribution in [3.63, 3.8) is 0 Å². The molecular weight excluding hydrogens is 190 g/mol. The molecule has 0 radical (unpaired) electrons. The first-order chi connectivity index (χ1) is 7.34. The Balaban J connectivity index is 1.79. The molecule has 0 spiro atoms. The van der Waals surface area contributed by atoms with Crippen LogP contribution in [0.4, 0.5) is 0 Å². The average molecular weight is 207 g/mol. The van der Waals surface area contributed by atoms with Crippen LogP contribution in [-0.4, -0.2) is 24.3 Å². The number of hydrogen-bond donors (Lipinski definition) is 2. The average Bonchev–Trinajstić information content (AvgIpc) is 2.30. The van der Waals surface area contributed by atoms with Gasteiger partial charge in [0.2, 0.25) is 0 Å². The molecule has 1 atom stereocenters. The lowest BCUT2D eigenvalue weighted by Gasteiger charge is -2.23. The SMILES string of the molecule is Oc1ccc(CO[C@H]2CCCNC2)cc1. The molecule has 3 nitrogen and oxygen atoms in total. The van der Waals surface area contributed by atoms with Gasteiger partial charge >= 0.3 is 0 Å². The van der Waals surface area contributed by atoms with Gasteiger partial charge in [-0.25, -0.2) is 0 Å². The van der Waals surface area contributed by atoms with Crippen molar-refractivity contribution in [2.75, 3.05) is 13.1 Å². The summed E-state index contributed by atoms with van der Waals surface area (Å²) in [6.07, 6.45) is 2.68. The van der Waals surface area contributed by atoms with Gasteiger partial charge in [-0.05, 0) is 37.1 Å². The van der Waals surface area contributed by atoms with Crippen molar-refractivity contribution >= 4 is 0 Å². The van der Waals surface area contributed by atoms with Crippen LogP contribution in [0.25, 0.3) is 0 Å². The third-order valence-electron chi connectivity index (χ3n) is 2.67. The minimum Gasteiger partial charge on any atom is -0.508 e. The largest absolute Gasteiger partial charge is 0.508 e. The van der Waals surface area contributed by atoms with E-state index >= 15 is 0 Å². The maximum absolute atomic E-state index is 9.12. The Morgan fingerprint density at radius 1 is 1.33 bits per heavy atom. The maximum atomic E-state index is 9.12. The first kappa shape index (κ1) is 10.5. The van der Waals surface area contributed by atoms with Crippen molar-refractivity contribution in [1.29, 1.82) is 0 Å². The normalized spacial score (nSPS) is 21.5. The van der Waals surface area contributed by atoms with E-state index in [2.05, 4.69) is 5.32 Å². The van der Waals surface area contributed by atoms with Gasteiger partial charge in [-0.3, -0.25) is 0 Å². The summed E-state index contributed by atoms with van der Waals surface area (Å²) in [7, 11) is 0. The van der Waals surface area contributed by atoms with Gasteiger partial charge in [-0.15, -0.1) is 0 Å². The smallest absolute Gasteiger partial charge is 0.115 e. The highest BCUT2D eigenvalue weighted by Gasteiger charge is 2.12. The highest BCUT2D eigenvalue weighted by molar-refractivity contribution is 5.25. The van der Waals surface area contributed by atoms with Crippen LogP contribution >= 0.6 is 0 Å². The Kier molecular flexibility index (Phi) is 3.59. The molecule has 0 aliphatic carbocycles. The lowest BCUT2D eigenvalue weighted by Crippen LogP contribution is -2.35. The number of phenolic OH excluding ortho intramolecular Hbond substituents is 1. The van der Waals surface area contributed by atoms with E-state index in [-0.39, 0.29) is 0 Å². The van der Waals surface area contributed by atoms with Gasteiger partial charge in [-0.1, -0.05) is 12.1 Å². The Labute approximate surface area is 90.1 Å². The number of piperidine rings is 1. The van der Waals surface area contributed by atoms with Gasteiger partial charge in [0.15, 0.2) is 0 Å². The molecule has 1 aromatic carbocycles. The second-order valence-corrected chi connectivity index (χ2v) is 3.95. The molecule has 1 aliphatic rings. The number of ether oxygens (including phenoxy) is 1. The van der Waals surface area contributed by atoms with Gasteiger partial charge in [0.25, 0.3) is 0 Å². The predicted molar refractivity (Wildman–Crippen MR) is 58.8 cm³/mol. The molecule has 1 saturated heterocycles. The first-order valence-corrected chi connectivity index (χ1v) is 5.45. The molecule has 0 saturated carbocycles. The van der Waals surface area contributed by atoms with Crippen molar-refractivity contribution in [2.45, 2.75) is 25.6 Å². The fraction of sp³-hybridized carbons (Fsp3) is 0.500. The van der Waals surface area contributed by atoms with Crippen LogP contribution in [0, 0.1) is 0 Å². The fourth-order valence-corrected chi connectivity index (χ4v) is 1.77. The van der Waals surface area contributed by atoms with Crippen LogP contribution in [0.1, 0.15) is 18.4 Å². The topological polar surface area (TPSA) is 41.5 Å². The van der Waals surface area contributed by atoms with E-state index in [0.717, 1.165) is 25.1 Å². The number of benzene rings is 1. The molecule has 0 aromatic heterocycles. The molecule has 2 N–H and O–H groups in total. The maximum Gasteiger partial charge on any atom is 0.115 e. The molecule has 82 valence electrons. The molecule has 2 rings (SSSR count). The molecule has 3 heteroatoms.